The number of nitrogens with one attached hydrogen (secondary N) is 1. The Kier molecular flexibility index (Phi) is 6.94. The SMILES string of the molecule is C=C[C@@H](CNS(=O)(=O)c1ccc(C)cc1)[C@H]1CCN2C(=O)S[C@H](c3ccnc4ccc(C)cc34)[C@@H]2C1. The van der Waals surface area contributed by atoms with Crippen molar-refractivity contribution in [2.45, 2.75) is 42.9 Å². The number of hydrogen-bond donors (Lipinski definition) is 1. The van der Waals surface area contributed by atoms with Crippen LogP contribution in [0, 0.1) is 25.7 Å². The highest BCUT2D eigenvalue weighted by atomic mass is 32.2. The summed E-state index contributed by atoms with van der Waals surface area (Å²) in [6.07, 6.45) is 5.33. The topological polar surface area (TPSA) is 79.4 Å². The summed E-state index contributed by atoms with van der Waals surface area (Å²) in [4.78, 5) is 19.7. The number of piperidine rings is 1. The molecule has 0 radical (unpaired) electrons. The first kappa shape index (κ1) is 25.0. The van der Waals surface area contributed by atoms with Crippen LogP contribution in [-0.2, 0) is 10.0 Å². The lowest BCUT2D eigenvalue weighted by Gasteiger charge is -2.39. The Bertz CT molecular complexity index is 1410. The fourth-order valence-corrected chi connectivity index (χ4v) is 7.83. The van der Waals surface area contributed by atoms with E-state index in [1.54, 1.807) is 24.3 Å². The van der Waals surface area contributed by atoms with Crippen LogP contribution in [0.2, 0.25) is 0 Å². The molecule has 5 rings (SSSR count). The minimum atomic E-state index is -3.60. The van der Waals surface area contributed by atoms with Crippen molar-refractivity contribution >= 4 is 37.9 Å². The minimum Gasteiger partial charge on any atom is -0.329 e. The van der Waals surface area contributed by atoms with E-state index in [-0.39, 0.29) is 33.3 Å². The first-order valence-electron chi connectivity index (χ1n) is 12.3. The molecule has 1 N–H and O–H groups in total. The van der Waals surface area contributed by atoms with Crippen LogP contribution in [0.1, 0.15) is 34.8 Å². The van der Waals surface area contributed by atoms with Crippen molar-refractivity contribution < 1.29 is 13.2 Å². The van der Waals surface area contributed by atoms with E-state index in [0.29, 0.717) is 13.1 Å². The molecule has 8 heteroatoms. The molecule has 6 nitrogen and oxygen atoms in total. The maximum absolute atomic E-state index is 12.9. The lowest BCUT2D eigenvalue weighted by molar-refractivity contribution is 0.135. The molecule has 1 amide bonds. The van der Waals surface area contributed by atoms with Crippen molar-refractivity contribution in [3.05, 3.63) is 84.1 Å². The van der Waals surface area contributed by atoms with Gasteiger partial charge >= 0.3 is 0 Å². The monoisotopic (exact) mass is 521 g/mol. The largest absolute Gasteiger partial charge is 0.329 e. The number of aryl methyl sites for hydroxylation is 2. The van der Waals surface area contributed by atoms with E-state index in [1.165, 1.54) is 11.8 Å². The van der Waals surface area contributed by atoms with Crippen molar-refractivity contribution in [3.63, 3.8) is 0 Å². The van der Waals surface area contributed by atoms with Gasteiger partial charge in [-0.15, -0.1) is 6.58 Å². The zero-order valence-electron chi connectivity index (χ0n) is 20.6. The molecule has 2 aliphatic rings. The van der Waals surface area contributed by atoms with Gasteiger partial charge in [-0.3, -0.25) is 9.78 Å². The number of nitrogens with zero attached hydrogens (tertiary/aromatic N) is 2. The molecule has 2 aliphatic heterocycles. The van der Waals surface area contributed by atoms with Gasteiger partial charge in [0.05, 0.1) is 15.7 Å². The molecule has 188 valence electrons. The van der Waals surface area contributed by atoms with E-state index >= 15 is 0 Å². The van der Waals surface area contributed by atoms with Gasteiger partial charge in [-0.1, -0.05) is 47.2 Å². The maximum atomic E-state index is 12.9. The Labute approximate surface area is 217 Å². The van der Waals surface area contributed by atoms with Crippen LogP contribution in [0.25, 0.3) is 10.9 Å². The molecule has 0 aliphatic carbocycles. The van der Waals surface area contributed by atoms with Crippen LogP contribution in [0.15, 0.2) is 72.3 Å². The molecular formula is C28H31N3O3S2. The fraction of sp³-hybridized carbons (Fsp3) is 0.357. The molecule has 0 unspecified atom stereocenters. The van der Waals surface area contributed by atoms with Gasteiger partial charge in [0.15, 0.2) is 0 Å². The van der Waals surface area contributed by atoms with Crippen molar-refractivity contribution in [2.24, 2.45) is 11.8 Å². The third kappa shape index (κ3) is 4.82. The summed E-state index contributed by atoms with van der Waals surface area (Å²) in [6.45, 7) is 8.99. The van der Waals surface area contributed by atoms with Crippen LogP contribution in [0.3, 0.4) is 0 Å². The van der Waals surface area contributed by atoms with E-state index in [2.05, 4.69) is 35.3 Å². The van der Waals surface area contributed by atoms with Crippen LogP contribution in [-0.4, -0.2) is 42.7 Å². The van der Waals surface area contributed by atoms with Gasteiger partial charge in [0, 0.05) is 30.7 Å². The average Bonchev–Trinajstić information content (AvgIpc) is 3.20. The maximum Gasteiger partial charge on any atom is 0.282 e. The third-order valence-corrected chi connectivity index (χ3v) is 10.2. The summed E-state index contributed by atoms with van der Waals surface area (Å²) in [5.41, 5.74) is 4.26. The summed E-state index contributed by atoms with van der Waals surface area (Å²) in [5, 5.41) is 1.23. The summed E-state index contributed by atoms with van der Waals surface area (Å²) >= 11 is 1.40. The second kappa shape index (κ2) is 10.00. The number of rotatable bonds is 7. The molecule has 2 fully saturated rings. The number of pyridine rings is 1. The number of aromatic nitrogens is 1. The highest BCUT2D eigenvalue weighted by Gasteiger charge is 2.46. The van der Waals surface area contributed by atoms with E-state index < -0.39 is 10.0 Å². The average molecular weight is 522 g/mol. The first-order chi connectivity index (χ1) is 17.3. The summed E-state index contributed by atoms with van der Waals surface area (Å²) < 4.78 is 28.5. The summed E-state index contributed by atoms with van der Waals surface area (Å²) in [6, 6.07) is 15.2. The Morgan fingerprint density at radius 2 is 1.92 bits per heavy atom. The van der Waals surface area contributed by atoms with E-state index in [4.69, 9.17) is 0 Å². The quantitative estimate of drug-likeness (QED) is 0.408. The molecule has 2 saturated heterocycles. The van der Waals surface area contributed by atoms with E-state index in [9.17, 15) is 13.2 Å². The van der Waals surface area contributed by atoms with E-state index in [1.807, 2.05) is 36.2 Å². The van der Waals surface area contributed by atoms with E-state index in [0.717, 1.165) is 40.4 Å². The zero-order valence-corrected chi connectivity index (χ0v) is 22.2. The molecule has 0 saturated carbocycles. The molecule has 3 aromatic rings. The number of carbonyl (C=O) groups excluding carboxylic acids is 1. The molecule has 0 spiro atoms. The smallest absolute Gasteiger partial charge is 0.282 e. The highest BCUT2D eigenvalue weighted by molar-refractivity contribution is 8.14. The standard InChI is InChI=1S/C28H31N3O3S2/c1-4-20(17-30-36(33,34)22-8-5-18(2)6-9-22)21-12-14-31-26(16-21)27(35-28(31)32)23-11-13-29-25-10-7-19(3)15-24(23)25/h4-11,13,15,20-21,26-27,30H,1,12,14,16-17H2,2-3H3/t20-,21-,26-,27+/m0/s1. The van der Waals surface area contributed by atoms with Gasteiger partial charge < -0.3 is 4.90 Å². The third-order valence-electron chi connectivity index (χ3n) is 7.48. The molecule has 0 bridgehead atoms. The zero-order chi connectivity index (χ0) is 25.4. The van der Waals surface area contributed by atoms with Crippen molar-refractivity contribution in [1.29, 1.82) is 0 Å². The molecule has 4 atom stereocenters. The predicted molar refractivity (Wildman–Crippen MR) is 145 cm³/mol. The lowest BCUT2D eigenvalue weighted by atomic mass is 9.79. The fourth-order valence-electron chi connectivity index (χ4n) is 5.43. The Morgan fingerprint density at radius 3 is 2.67 bits per heavy atom. The molecule has 2 aromatic carbocycles. The van der Waals surface area contributed by atoms with Crippen LogP contribution < -0.4 is 4.72 Å². The predicted octanol–water partition coefficient (Wildman–Crippen LogP) is 5.62. The second-order valence-corrected chi connectivity index (χ2v) is 12.7. The van der Waals surface area contributed by atoms with Crippen LogP contribution in [0.4, 0.5) is 4.79 Å². The Hall–Kier alpha value is -2.68. The Balaban J connectivity index is 1.35. The molecule has 36 heavy (non-hydrogen) atoms. The van der Waals surface area contributed by atoms with Crippen molar-refractivity contribution in [2.75, 3.05) is 13.1 Å². The van der Waals surface area contributed by atoms with Crippen molar-refractivity contribution in [3.8, 4) is 0 Å². The normalized spacial score (nSPS) is 23.0. The lowest BCUT2D eigenvalue weighted by Crippen LogP contribution is -2.44. The van der Waals surface area contributed by atoms with Gasteiger partial charge in [0.25, 0.3) is 5.24 Å². The number of thioether (sulfide) groups is 1. The van der Waals surface area contributed by atoms with Gasteiger partial charge in [-0.2, -0.15) is 0 Å². The summed E-state index contributed by atoms with van der Waals surface area (Å²) in [5.74, 6) is 0.207. The number of fused-ring (bicyclic) bond motifs is 2. The van der Waals surface area contributed by atoms with Gasteiger partial charge in [-0.25, -0.2) is 13.1 Å². The first-order valence-corrected chi connectivity index (χ1v) is 14.6. The van der Waals surface area contributed by atoms with Gasteiger partial charge in [0.1, 0.15) is 0 Å². The van der Waals surface area contributed by atoms with Gasteiger partial charge in [-0.05, 0) is 74.4 Å². The number of amides is 1. The Morgan fingerprint density at radius 1 is 1.17 bits per heavy atom. The highest BCUT2D eigenvalue weighted by Crippen LogP contribution is 2.50. The number of sulfonamides is 1. The molecule has 3 heterocycles. The number of carbonyl (C=O) groups is 1. The second-order valence-electron chi connectivity index (χ2n) is 9.83. The number of hydrogen-bond acceptors (Lipinski definition) is 5. The van der Waals surface area contributed by atoms with Gasteiger partial charge in [0.2, 0.25) is 10.0 Å². The minimum absolute atomic E-state index is 0.0160. The number of benzene rings is 2. The molecule has 1 aromatic heterocycles. The van der Waals surface area contributed by atoms with Crippen LogP contribution >= 0.6 is 11.8 Å². The summed E-state index contributed by atoms with van der Waals surface area (Å²) in [7, 11) is -3.60. The van der Waals surface area contributed by atoms with Crippen molar-refractivity contribution in [1.82, 2.24) is 14.6 Å². The molecular weight excluding hydrogens is 490 g/mol. The van der Waals surface area contributed by atoms with Crippen LogP contribution in [0.5, 0.6) is 0 Å².